The molecule has 1 fully saturated rings. The maximum atomic E-state index is 11.6. The summed E-state index contributed by atoms with van der Waals surface area (Å²) in [6.45, 7) is 3.79. The molecule has 1 N–H and O–H groups in total. The Labute approximate surface area is 111 Å². The van der Waals surface area contributed by atoms with Gasteiger partial charge in [-0.2, -0.15) is 0 Å². The van der Waals surface area contributed by atoms with E-state index < -0.39 is 23.7 Å². The highest BCUT2D eigenvalue weighted by atomic mass is 16.6. The molecule has 0 bridgehead atoms. The Morgan fingerprint density at radius 1 is 1.42 bits per heavy atom. The standard InChI is InChI=1S/C14H17NO4/c1-14(2)8-11(12(16)19-14)15-13(17)18-9-10-6-4-3-5-7-10/h3-7,11H,8-9H2,1-2H3,(H,15,17). The van der Waals surface area contributed by atoms with Gasteiger partial charge in [0.15, 0.2) is 0 Å². The minimum atomic E-state index is -0.627. The zero-order valence-electron chi connectivity index (χ0n) is 11.0. The molecule has 0 saturated carbocycles. The summed E-state index contributed by atoms with van der Waals surface area (Å²) in [4.78, 5) is 23.1. The van der Waals surface area contributed by atoms with Crippen LogP contribution >= 0.6 is 0 Å². The van der Waals surface area contributed by atoms with Crippen LogP contribution in [0.25, 0.3) is 0 Å². The maximum absolute atomic E-state index is 11.6. The highest BCUT2D eigenvalue weighted by Gasteiger charge is 2.41. The molecule has 2 rings (SSSR count). The fourth-order valence-electron chi connectivity index (χ4n) is 1.98. The van der Waals surface area contributed by atoms with Crippen molar-refractivity contribution in [2.24, 2.45) is 0 Å². The van der Waals surface area contributed by atoms with Gasteiger partial charge in [-0.3, -0.25) is 0 Å². The molecule has 1 heterocycles. The smallest absolute Gasteiger partial charge is 0.408 e. The molecule has 1 unspecified atom stereocenters. The van der Waals surface area contributed by atoms with E-state index in [1.165, 1.54) is 0 Å². The molecule has 19 heavy (non-hydrogen) atoms. The topological polar surface area (TPSA) is 64.6 Å². The van der Waals surface area contributed by atoms with Crippen molar-refractivity contribution in [1.29, 1.82) is 0 Å². The fraction of sp³-hybridized carbons (Fsp3) is 0.429. The lowest BCUT2D eigenvalue weighted by Crippen LogP contribution is -2.38. The normalized spacial score (nSPS) is 20.7. The molecule has 1 amide bonds. The second kappa shape index (κ2) is 5.30. The molecule has 1 aliphatic heterocycles. The van der Waals surface area contributed by atoms with Gasteiger partial charge in [0.1, 0.15) is 18.2 Å². The summed E-state index contributed by atoms with van der Waals surface area (Å²) in [6, 6.07) is 8.72. The summed E-state index contributed by atoms with van der Waals surface area (Å²) in [5.74, 6) is -0.415. The lowest BCUT2D eigenvalue weighted by Gasteiger charge is -2.14. The molecule has 5 heteroatoms. The Morgan fingerprint density at radius 2 is 2.11 bits per heavy atom. The number of amides is 1. The number of benzene rings is 1. The van der Waals surface area contributed by atoms with Gasteiger partial charge in [0.2, 0.25) is 0 Å². The Bertz CT molecular complexity index is 470. The summed E-state index contributed by atoms with van der Waals surface area (Å²) in [5.41, 5.74) is 0.362. The zero-order chi connectivity index (χ0) is 13.9. The van der Waals surface area contributed by atoms with E-state index in [4.69, 9.17) is 9.47 Å². The first-order chi connectivity index (χ1) is 8.96. The van der Waals surface area contributed by atoms with Gasteiger partial charge in [0.05, 0.1) is 0 Å². The van der Waals surface area contributed by atoms with Crippen LogP contribution in [-0.2, 0) is 20.9 Å². The highest BCUT2D eigenvalue weighted by molar-refractivity contribution is 5.83. The summed E-state index contributed by atoms with van der Waals surface area (Å²) >= 11 is 0. The Morgan fingerprint density at radius 3 is 2.68 bits per heavy atom. The molecular weight excluding hydrogens is 246 g/mol. The average Bonchev–Trinajstić information content (AvgIpc) is 2.61. The maximum Gasteiger partial charge on any atom is 0.408 e. The lowest BCUT2D eigenvalue weighted by molar-refractivity contribution is -0.147. The van der Waals surface area contributed by atoms with Crippen molar-refractivity contribution in [3.8, 4) is 0 Å². The SMILES string of the molecule is CC1(C)CC(NC(=O)OCc2ccccc2)C(=O)O1. The molecule has 1 aromatic carbocycles. The van der Waals surface area contributed by atoms with Gasteiger partial charge >= 0.3 is 12.1 Å². The first-order valence-electron chi connectivity index (χ1n) is 6.16. The Balaban J connectivity index is 1.81. The van der Waals surface area contributed by atoms with E-state index in [-0.39, 0.29) is 6.61 Å². The van der Waals surface area contributed by atoms with Crippen molar-refractivity contribution in [1.82, 2.24) is 5.32 Å². The quantitative estimate of drug-likeness (QED) is 0.847. The van der Waals surface area contributed by atoms with E-state index in [2.05, 4.69) is 5.32 Å². The van der Waals surface area contributed by atoms with Crippen LogP contribution in [0.2, 0.25) is 0 Å². The summed E-state index contributed by atoms with van der Waals surface area (Å²) < 4.78 is 10.2. The average molecular weight is 263 g/mol. The van der Waals surface area contributed by atoms with Crippen LogP contribution in [-0.4, -0.2) is 23.7 Å². The van der Waals surface area contributed by atoms with E-state index in [1.807, 2.05) is 44.2 Å². The Kier molecular flexibility index (Phi) is 3.74. The largest absolute Gasteiger partial charge is 0.458 e. The third-order valence-corrected chi connectivity index (χ3v) is 2.86. The number of alkyl carbamates (subject to hydrolysis) is 1. The van der Waals surface area contributed by atoms with Crippen molar-refractivity contribution >= 4 is 12.1 Å². The van der Waals surface area contributed by atoms with E-state index in [9.17, 15) is 9.59 Å². The molecule has 0 aliphatic carbocycles. The van der Waals surface area contributed by atoms with Crippen LogP contribution in [0.4, 0.5) is 4.79 Å². The molecule has 1 aliphatic rings. The first kappa shape index (κ1) is 13.4. The molecule has 0 aromatic heterocycles. The summed E-state index contributed by atoms with van der Waals surface area (Å²) in [7, 11) is 0. The minimum Gasteiger partial charge on any atom is -0.458 e. The van der Waals surface area contributed by atoms with Gasteiger partial charge in [-0.15, -0.1) is 0 Å². The Hall–Kier alpha value is -2.04. The fourth-order valence-corrected chi connectivity index (χ4v) is 1.98. The molecule has 0 spiro atoms. The van der Waals surface area contributed by atoms with Gasteiger partial charge in [-0.25, -0.2) is 9.59 Å². The van der Waals surface area contributed by atoms with E-state index >= 15 is 0 Å². The van der Waals surface area contributed by atoms with Gasteiger partial charge < -0.3 is 14.8 Å². The minimum absolute atomic E-state index is 0.178. The van der Waals surface area contributed by atoms with Gasteiger partial charge in [0, 0.05) is 6.42 Å². The number of esters is 1. The summed E-state index contributed by atoms with van der Waals surface area (Å²) in [5, 5.41) is 2.52. The van der Waals surface area contributed by atoms with Crippen LogP contribution in [0.3, 0.4) is 0 Å². The molecule has 0 radical (unpaired) electrons. The van der Waals surface area contributed by atoms with Crippen LogP contribution in [0.1, 0.15) is 25.8 Å². The van der Waals surface area contributed by atoms with Crippen molar-refractivity contribution < 1.29 is 19.1 Å². The van der Waals surface area contributed by atoms with Gasteiger partial charge in [0.25, 0.3) is 0 Å². The number of carbonyl (C=O) groups excluding carboxylic acids is 2. The number of nitrogens with one attached hydrogen (secondary N) is 1. The van der Waals surface area contributed by atoms with Crippen LogP contribution < -0.4 is 5.32 Å². The lowest BCUT2D eigenvalue weighted by atomic mass is 10.0. The van der Waals surface area contributed by atoms with Crippen molar-refractivity contribution in [2.75, 3.05) is 0 Å². The molecule has 1 saturated heterocycles. The van der Waals surface area contributed by atoms with Gasteiger partial charge in [-0.1, -0.05) is 30.3 Å². The van der Waals surface area contributed by atoms with Gasteiger partial charge in [-0.05, 0) is 19.4 Å². The van der Waals surface area contributed by atoms with Crippen molar-refractivity contribution in [3.05, 3.63) is 35.9 Å². The number of hydrogen-bond acceptors (Lipinski definition) is 4. The second-order valence-corrected chi connectivity index (χ2v) is 5.14. The number of hydrogen-bond donors (Lipinski definition) is 1. The molecular formula is C14H17NO4. The number of cyclic esters (lactones) is 1. The van der Waals surface area contributed by atoms with Crippen molar-refractivity contribution in [2.45, 2.75) is 38.5 Å². The first-order valence-corrected chi connectivity index (χ1v) is 6.16. The number of carbonyl (C=O) groups is 2. The number of rotatable bonds is 3. The predicted molar refractivity (Wildman–Crippen MR) is 68.3 cm³/mol. The van der Waals surface area contributed by atoms with Crippen LogP contribution in [0.15, 0.2) is 30.3 Å². The monoisotopic (exact) mass is 263 g/mol. The highest BCUT2D eigenvalue weighted by Crippen LogP contribution is 2.25. The number of ether oxygens (including phenoxy) is 2. The molecule has 102 valence electrons. The van der Waals surface area contributed by atoms with Crippen LogP contribution in [0.5, 0.6) is 0 Å². The van der Waals surface area contributed by atoms with Crippen LogP contribution in [0, 0.1) is 0 Å². The predicted octanol–water partition coefficient (Wildman–Crippen LogP) is 2.01. The second-order valence-electron chi connectivity index (χ2n) is 5.14. The molecule has 1 atom stereocenters. The van der Waals surface area contributed by atoms with E-state index in [0.29, 0.717) is 6.42 Å². The third-order valence-electron chi connectivity index (χ3n) is 2.86. The molecule has 1 aromatic rings. The molecule has 5 nitrogen and oxygen atoms in total. The summed E-state index contributed by atoms with van der Waals surface area (Å²) in [6.07, 6.45) is -0.157. The van der Waals surface area contributed by atoms with E-state index in [1.54, 1.807) is 0 Å². The zero-order valence-corrected chi connectivity index (χ0v) is 11.0. The third kappa shape index (κ3) is 3.71. The van der Waals surface area contributed by atoms with E-state index in [0.717, 1.165) is 5.56 Å². The van der Waals surface area contributed by atoms with Crippen molar-refractivity contribution in [3.63, 3.8) is 0 Å².